The Bertz CT molecular complexity index is 554. The van der Waals surface area contributed by atoms with Crippen molar-refractivity contribution in [2.24, 2.45) is 5.73 Å². The summed E-state index contributed by atoms with van der Waals surface area (Å²) in [5, 5.41) is 3.67. The van der Waals surface area contributed by atoms with Crippen LogP contribution in [-0.2, 0) is 6.42 Å². The van der Waals surface area contributed by atoms with Gasteiger partial charge in [-0.05, 0) is 31.5 Å². The van der Waals surface area contributed by atoms with Gasteiger partial charge in [0.25, 0.3) is 5.89 Å². The first-order valence-electron chi connectivity index (χ1n) is 5.61. The van der Waals surface area contributed by atoms with Crippen molar-refractivity contribution < 1.29 is 13.3 Å². The Morgan fingerprint density at radius 2 is 2.11 bits per heavy atom. The Morgan fingerprint density at radius 3 is 2.83 bits per heavy atom. The van der Waals surface area contributed by atoms with E-state index in [1.165, 1.54) is 12.1 Å². The van der Waals surface area contributed by atoms with E-state index >= 15 is 0 Å². The Morgan fingerprint density at radius 1 is 1.33 bits per heavy atom. The fourth-order valence-electron chi connectivity index (χ4n) is 1.57. The van der Waals surface area contributed by atoms with Crippen LogP contribution in [0.5, 0.6) is 0 Å². The highest BCUT2D eigenvalue weighted by Crippen LogP contribution is 2.26. The third-order valence-electron chi connectivity index (χ3n) is 2.57. The van der Waals surface area contributed by atoms with Crippen molar-refractivity contribution in [1.82, 2.24) is 10.1 Å². The second-order valence-corrected chi connectivity index (χ2v) is 3.96. The minimum absolute atomic E-state index is 0.138. The topological polar surface area (TPSA) is 64.9 Å². The van der Waals surface area contributed by atoms with Crippen LogP contribution in [0.3, 0.4) is 0 Å². The van der Waals surface area contributed by atoms with Gasteiger partial charge >= 0.3 is 0 Å². The van der Waals surface area contributed by atoms with Crippen molar-refractivity contribution in [3.05, 3.63) is 35.2 Å². The molecule has 0 unspecified atom stereocenters. The molecule has 18 heavy (non-hydrogen) atoms. The molecule has 0 saturated carbocycles. The van der Waals surface area contributed by atoms with Crippen LogP contribution in [0.15, 0.2) is 16.7 Å². The number of nitrogens with zero attached hydrogens (tertiary/aromatic N) is 2. The molecule has 0 saturated heterocycles. The molecule has 0 aliphatic rings. The maximum atomic E-state index is 13.8. The predicted octanol–water partition coefficient (Wildman–Crippen LogP) is 2.21. The Hall–Kier alpha value is -1.82. The van der Waals surface area contributed by atoms with Crippen molar-refractivity contribution in [1.29, 1.82) is 0 Å². The summed E-state index contributed by atoms with van der Waals surface area (Å²) >= 11 is 0. The maximum Gasteiger partial charge on any atom is 0.263 e. The van der Waals surface area contributed by atoms with E-state index in [9.17, 15) is 8.78 Å². The van der Waals surface area contributed by atoms with Crippen LogP contribution in [0, 0.1) is 18.6 Å². The summed E-state index contributed by atoms with van der Waals surface area (Å²) in [5.41, 5.74) is 5.41. The number of hydrogen-bond donors (Lipinski definition) is 1. The van der Waals surface area contributed by atoms with Gasteiger partial charge in [-0.25, -0.2) is 8.78 Å². The van der Waals surface area contributed by atoms with Gasteiger partial charge in [0.15, 0.2) is 5.82 Å². The molecule has 0 aliphatic heterocycles. The molecule has 0 amide bonds. The molecule has 0 fully saturated rings. The average molecular weight is 253 g/mol. The third-order valence-corrected chi connectivity index (χ3v) is 2.57. The zero-order valence-corrected chi connectivity index (χ0v) is 9.91. The summed E-state index contributed by atoms with van der Waals surface area (Å²) in [6, 6.07) is 2.54. The largest absolute Gasteiger partial charge is 0.334 e. The van der Waals surface area contributed by atoms with Crippen LogP contribution in [0.25, 0.3) is 11.5 Å². The van der Waals surface area contributed by atoms with Crippen LogP contribution in [0.4, 0.5) is 8.78 Å². The number of hydrogen-bond acceptors (Lipinski definition) is 4. The van der Waals surface area contributed by atoms with Gasteiger partial charge in [0.2, 0.25) is 0 Å². The standard InChI is InChI=1S/C12H13F2N3O/c1-7-4-5-8(13)10(11(7)14)12-16-9(17-18-12)3-2-6-15/h4-5H,2-3,6,15H2,1H3. The summed E-state index contributed by atoms with van der Waals surface area (Å²) in [4.78, 5) is 3.97. The minimum atomic E-state index is -0.716. The summed E-state index contributed by atoms with van der Waals surface area (Å²) < 4.78 is 32.3. The lowest BCUT2D eigenvalue weighted by molar-refractivity contribution is 0.416. The Kier molecular flexibility index (Phi) is 3.66. The zero-order chi connectivity index (χ0) is 13.1. The molecular weight excluding hydrogens is 240 g/mol. The molecule has 6 heteroatoms. The predicted molar refractivity (Wildman–Crippen MR) is 61.8 cm³/mol. The summed E-state index contributed by atoms with van der Waals surface area (Å²) in [7, 11) is 0. The fourth-order valence-corrected chi connectivity index (χ4v) is 1.57. The summed E-state index contributed by atoms with van der Waals surface area (Å²) in [6.45, 7) is 2.04. The SMILES string of the molecule is Cc1ccc(F)c(-c2nc(CCCN)no2)c1F. The van der Waals surface area contributed by atoms with Gasteiger partial charge in [0, 0.05) is 6.42 Å². The highest BCUT2D eigenvalue weighted by molar-refractivity contribution is 5.56. The first-order chi connectivity index (χ1) is 8.63. The van der Waals surface area contributed by atoms with Crippen molar-refractivity contribution >= 4 is 0 Å². The third kappa shape index (κ3) is 2.38. The van der Waals surface area contributed by atoms with Crippen molar-refractivity contribution in [3.8, 4) is 11.5 Å². The van der Waals surface area contributed by atoms with E-state index in [1.54, 1.807) is 6.92 Å². The van der Waals surface area contributed by atoms with Gasteiger partial charge in [0.1, 0.15) is 17.2 Å². The lowest BCUT2D eigenvalue weighted by Crippen LogP contribution is -2.01. The van der Waals surface area contributed by atoms with Gasteiger partial charge in [0.05, 0.1) is 0 Å². The summed E-state index contributed by atoms with van der Waals surface area (Å²) in [6.07, 6.45) is 1.22. The van der Waals surface area contributed by atoms with Gasteiger partial charge < -0.3 is 10.3 Å². The maximum absolute atomic E-state index is 13.8. The molecule has 0 aliphatic carbocycles. The molecule has 1 aromatic heterocycles. The van der Waals surface area contributed by atoms with E-state index in [2.05, 4.69) is 10.1 Å². The molecule has 0 radical (unpaired) electrons. The van der Waals surface area contributed by atoms with E-state index < -0.39 is 11.6 Å². The van der Waals surface area contributed by atoms with Crippen molar-refractivity contribution in [3.63, 3.8) is 0 Å². The normalized spacial score (nSPS) is 10.9. The number of benzene rings is 1. The van der Waals surface area contributed by atoms with Gasteiger partial charge in [-0.15, -0.1) is 0 Å². The molecule has 2 N–H and O–H groups in total. The summed E-state index contributed by atoms with van der Waals surface area (Å²) in [5.74, 6) is -1.13. The molecule has 96 valence electrons. The first kappa shape index (κ1) is 12.6. The monoisotopic (exact) mass is 253 g/mol. The lowest BCUT2D eigenvalue weighted by Gasteiger charge is -2.02. The molecule has 0 bridgehead atoms. The van der Waals surface area contributed by atoms with Crippen molar-refractivity contribution in [2.75, 3.05) is 6.54 Å². The highest BCUT2D eigenvalue weighted by Gasteiger charge is 2.19. The van der Waals surface area contributed by atoms with Crippen LogP contribution < -0.4 is 5.73 Å². The second-order valence-electron chi connectivity index (χ2n) is 3.96. The van der Waals surface area contributed by atoms with Gasteiger partial charge in [-0.2, -0.15) is 4.98 Å². The minimum Gasteiger partial charge on any atom is -0.334 e. The quantitative estimate of drug-likeness (QED) is 0.907. The van der Waals surface area contributed by atoms with E-state index in [0.29, 0.717) is 30.8 Å². The number of nitrogens with two attached hydrogens (primary N) is 1. The first-order valence-corrected chi connectivity index (χ1v) is 5.61. The number of aryl methyl sites for hydroxylation is 2. The molecule has 0 atom stereocenters. The van der Waals surface area contributed by atoms with Crippen LogP contribution in [0.2, 0.25) is 0 Å². The average Bonchev–Trinajstić information content (AvgIpc) is 2.80. The molecule has 0 spiro atoms. The fraction of sp³-hybridized carbons (Fsp3) is 0.333. The zero-order valence-electron chi connectivity index (χ0n) is 9.91. The molecule has 2 aromatic rings. The van der Waals surface area contributed by atoms with Crippen LogP contribution >= 0.6 is 0 Å². The number of aromatic nitrogens is 2. The Balaban J connectivity index is 2.37. The van der Waals surface area contributed by atoms with E-state index in [4.69, 9.17) is 10.3 Å². The second kappa shape index (κ2) is 5.22. The molecule has 2 rings (SSSR count). The smallest absolute Gasteiger partial charge is 0.263 e. The molecule has 1 aromatic carbocycles. The Labute approximate surface area is 103 Å². The van der Waals surface area contributed by atoms with Crippen LogP contribution in [-0.4, -0.2) is 16.7 Å². The highest BCUT2D eigenvalue weighted by atomic mass is 19.1. The van der Waals surface area contributed by atoms with E-state index in [-0.39, 0.29) is 11.5 Å². The molecule has 1 heterocycles. The van der Waals surface area contributed by atoms with E-state index in [0.717, 1.165) is 0 Å². The van der Waals surface area contributed by atoms with E-state index in [1.807, 2.05) is 0 Å². The van der Waals surface area contributed by atoms with Gasteiger partial charge in [-0.1, -0.05) is 11.2 Å². The number of rotatable bonds is 4. The van der Waals surface area contributed by atoms with Gasteiger partial charge in [-0.3, -0.25) is 0 Å². The molecule has 4 nitrogen and oxygen atoms in total. The lowest BCUT2D eigenvalue weighted by atomic mass is 10.1. The molecular formula is C12H13F2N3O. The van der Waals surface area contributed by atoms with Crippen molar-refractivity contribution in [2.45, 2.75) is 19.8 Å². The number of halogens is 2. The van der Waals surface area contributed by atoms with Crippen LogP contribution in [0.1, 0.15) is 17.8 Å².